The summed E-state index contributed by atoms with van der Waals surface area (Å²) in [5.74, 6) is 0.679. The molecule has 0 aliphatic rings. The van der Waals surface area contributed by atoms with Crippen LogP contribution in [0, 0.1) is 6.92 Å². The van der Waals surface area contributed by atoms with Gasteiger partial charge in [0.15, 0.2) is 6.39 Å². The van der Waals surface area contributed by atoms with Gasteiger partial charge in [0.2, 0.25) is 5.91 Å². The van der Waals surface area contributed by atoms with Crippen molar-refractivity contribution in [1.82, 2.24) is 10.3 Å². The molecule has 1 N–H and O–H groups in total. The number of oxazole rings is 1. The predicted octanol–water partition coefficient (Wildman–Crippen LogP) is 1.84. The van der Waals surface area contributed by atoms with E-state index in [9.17, 15) is 4.79 Å². The zero-order valence-corrected chi connectivity index (χ0v) is 9.64. The van der Waals surface area contributed by atoms with E-state index in [4.69, 9.17) is 4.42 Å². The first kappa shape index (κ1) is 11.4. The Balaban J connectivity index is 1.84. The molecule has 2 rings (SSSR count). The fraction of sp³-hybridized carbons (Fsp3) is 0.231. The molecule has 0 bridgehead atoms. The molecule has 0 spiro atoms. The fourth-order valence-corrected chi connectivity index (χ4v) is 1.52. The summed E-state index contributed by atoms with van der Waals surface area (Å²) in [6, 6.07) is 9.63. The third-order valence-corrected chi connectivity index (χ3v) is 2.50. The highest BCUT2D eigenvalue weighted by molar-refractivity contribution is 5.78. The molecular formula is C13H14N2O2. The van der Waals surface area contributed by atoms with E-state index < -0.39 is 0 Å². The molecule has 17 heavy (non-hydrogen) atoms. The van der Waals surface area contributed by atoms with E-state index >= 15 is 0 Å². The summed E-state index contributed by atoms with van der Waals surface area (Å²) in [6.45, 7) is 2.24. The number of rotatable bonds is 4. The Morgan fingerprint density at radius 1 is 1.35 bits per heavy atom. The van der Waals surface area contributed by atoms with Crippen LogP contribution in [0.3, 0.4) is 0 Å². The first-order valence-corrected chi connectivity index (χ1v) is 5.45. The van der Waals surface area contributed by atoms with Crippen molar-refractivity contribution in [3.8, 4) is 0 Å². The Kier molecular flexibility index (Phi) is 3.55. The molecule has 1 amide bonds. The van der Waals surface area contributed by atoms with Crippen molar-refractivity contribution in [2.24, 2.45) is 0 Å². The van der Waals surface area contributed by atoms with Gasteiger partial charge in [-0.2, -0.15) is 0 Å². The van der Waals surface area contributed by atoms with Crippen molar-refractivity contribution >= 4 is 5.91 Å². The van der Waals surface area contributed by atoms with Crippen LogP contribution in [0.5, 0.6) is 0 Å². The quantitative estimate of drug-likeness (QED) is 0.872. The molecule has 1 aromatic heterocycles. The van der Waals surface area contributed by atoms with E-state index in [0.717, 1.165) is 11.3 Å². The number of benzene rings is 1. The molecule has 0 unspecified atom stereocenters. The summed E-state index contributed by atoms with van der Waals surface area (Å²) in [6.07, 6.45) is 1.77. The third-order valence-electron chi connectivity index (χ3n) is 2.50. The van der Waals surface area contributed by atoms with Crippen LogP contribution in [-0.4, -0.2) is 10.9 Å². The van der Waals surface area contributed by atoms with Crippen LogP contribution < -0.4 is 5.32 Å². The molecule has 0 saturated carbocycles. The van der Waals surface area contributed by atoms with Gasteiger partial charge in [0.05, 0.1) is 18.7 Å². The van der Waals surface area contributed by atoms with Gasteiger partial charge in [-0.3, -0.25) is 4.79 Å². The summed E-state index contributed by atoms with van der Waals surface area (Å²) in [5, 5.41) is 2.80. The van der Waals surface area contributed by atoms with E-state index in [0.29, 0.717) is 18.7 Å². The van der Waals surface area contributed by atoms with E-state index in [1.165, 1.54) is 6.39 Å². The molecule has 2 aromatic rings. The minimum atomic E-state index is -0.0213. The van der Waals surface area contributed by atoms with Gasteiger partial charge in [-0.1, -0.05) is 30.3 Å². The highest BCUT2D eigenvalue weighted by atomic mass is 16.3. The van der Waals surface area contributed by atoms with Crippen LogP contribution in [0.15, 0.2) is 41.1 Å². The highest BCUT2D eigenvalue weighted by Crippen LogP contribution is 2.04. The fourth-order valence-electron chi connectivity index (χ4n) is 1.52. The third kappa shape index (κ3) is 3.17. The van der Waals surface area contributed by atoms with Gasteiger partial charge in [-0.15, -0.1) is 0 Å². The Hall–Kier alpha value is -2.10. The first-order valence-electron chi connectivity index (χ1n) is 5.45. The van der Waals surface area contributed by atoms with E-state index in [2.05, 4.69) is 10.3 Å². The lowest BCUT2D eigenvalue weighted by molar-refractivity contribution is -0.120. The normalized spacial score (nSPS) is 10.2. The van der Waals surface area contributed by atoms with Crippen LogP contribution in [0.25, 0.3) is 0 Å². The molecule has 0 radical (unpaired) electrons. The summed E-state index contributed by atoms with van der Waals surface area (Å²) >= 11 is 0. The van der Waals surface area contributed by atoms with Crippen molar-refractivity contribution in [2.45, 2.75) is 19.9 Å². The summed E-state index contributed by atoms with van der Waals surface area (Å²) in [7, 11) is 0. The van der Waals surface area contributed by atoms with Gasteiger partial charge in [-0.05, 0) is 12.5 Å². The van der Waals surface area contributed by atoms with Gasteiger partial charge in [0.25, 0.3) is 0 Å². The van der Waals surface area contributed by atoms with Gasteiger partial charge >= 0.3 is 0 Å². The van der Waals surface area contributed by atoms with Crippen LogP contribution in [0.4, 0.5) is 0 Å². The van der Waals surface area contributed by atoms with Crippen LogP contribution >= 0.6 is 0 Å². The smallest absolute Gasteiger partial charge is 0.224 e. The maximum absolute atomic E-state index is 11.6. The number of aromatic nitrogens is 1. The molecule has 0 saturated heterocycles. The average Bonchev–Trinajstić information content (AvgIpc) is 2.74. The van der Waals surface area contributed by atoms with Gasteiger partial charge in [0.1, 0.15) is 5.76 Å². The van der Waals surface area contributed by atoms with Crippen LogP contribution in [0.2, 0.25) is 0 Å². The number of carbonyl (C=O) groups is 1. The van der Waals surface area contributed by atoms with Crippen molar-refractivity contribution in [3.63, 3.8) is 0 Å². The van der Waals surface area contributed by atoms with E-state index in [-0.39, 0.29) is 5.91 Å². The SMILES string of the molecule is Cc1ncoc1CNC(=O)Cc1ccccc1. The molecular weight excluding hydrogens is 216 g/mol. The average molecular weight is 230 g/mol. The molecule has 0 atom stereocenters. The summed E-state index contributed by atoms with van der Waals surface area (Å²) in [5.41, 5.74) is 1.81. The number of amides is 1. The molecule has 0 aliphatic carbocycles. The lowest BCUT2D eigenvalue weighted by atomic mass is 10.1. The van der Waals surface area contributed by atoms with Crippen molar-refractivity contribution in [2.75, 3.05) is 0 Å². The number of nitrogens with one attached hydrogen (secondary N) is 1. The van der Waals surface area contributed by atoms with E-state index in [1.54, 1.807) is 0 Å². The van der Waals surface area contributed by atoms with Crippen LogP contribution in [0.1, 0.15) is 17.0 Å². The number of carbonyl (C=O) groups excluding carboxylic acids is 1. The minimum absolute atomic E-state index is 0.0213. The first-order chi connectivity index (χ1) is 8.25. The predicted molar refractivity (Wildman–Crippen MR) is 63.2 cm³/mol. The lowest BCUT2D eigenvalue weighted by Crippen LogP contribution is -2.24. The van der Waals surface area contributed by atoms with Gasteiger partial charge in [0, 0.05) is 0 Å². The number of nitrogens with zero attached hydrogens (tertiary/aromatic N) is 1. The molecule has 4 nitrogen and oxygen atoms in total. The molecule has 1 aromatic carbocycles. The Bertz CT molecular complexity index is 491. The van der Waals surface area contributed by atoms with Gasteiger partial charge < -0.3 is 9.73 Å². The second-order valence-corrected chi connectivity index (χ2v) is 3.80. The molecule has 0 aliphatic heterocycles. The Morgan fingerprint density at radius 3 is 2.76 bits per heavy atom. The number of aryl methyl sites for hydroxylation is 1. The second-order valence-electron chi connectivity index (χ2n) is 3.80. The molecule has 4 heteroatoms. The topological polar surface area (TPSA) is 55.1 Å². The largest absolute Gasteiger partial charge is 0.446 e. The van der Waals surface area contributed by atoms with Crippen LogP contribution in [-0.2, 0) is 17.8 Å². The summed E-state index contributed by atoms with van der Waals surface area (Å²) in [4.78, 5) is 15.6. The van der Waals surface area contributed by atoms with Gasteiger partial charge in [-0.25, -0.2) is 4.98 Å². The molecule has 0 fully saturated rings. The second kappa shape index (κ2) is 5.30. The van der Waals surface area contributed by atoms with Crippen molar-refractivity contribution in [1.29, 1.82) is 0 Å². The zero-order valence-electron chi connectivity index (χ0n) is 9.64. The Morgan fingerprint density at radius 2 is 2.12 bits per heavy atom. The maximum Gasteiger partial charge on any atom is 0.224 e. The highest BCUT2D eigenvalue weighted by Gasteiger charge is 2.06. The van der Waals surface area contributed by atoms with Crippen molar-refractivity contribution in [3.05, 3.63) is 53.7 Å². The summed E-state index contributed by atoms with van der Waals surface area (Å²) < 4.78 is 5.14. The Labute approximate surface area is 99.7 Å². The molecule has 88 valence electrons. The minimum Gasteiger partial charge on any atom is -0.446 e. The van der Waals surface area contributed by atoms with Crippen molar-refractivity contribution < 1.29 is 9.21 Å². The standard InChI is InChI=1S/C13H14N2O2/c1-10-12(17-9-15-10)8-14-13(16)7-11-5-3-2-4-6-11/h2-6,9H,7-8H2,1H3,(H,14,16). The lowest BCUT2D eigenvalue weighted by Gasteiger charge is -2.03. The monoisotopic (exact) mass is 230 g/mol. The van der Waals surface area contributed by atoms with E-state index in [1.807, 2.05) is 37.3 Å². The number of hydrogen-bond donors (Lipinski definition) is 1. The maximum atomic E-state index is 11.6. The number of hydrogen-bond acceptors (Lipinski definition) is 3. The zero-order chi connectivity index (χ0) is 12.1. The molecule has 1 heterocycles.